The molecule has 0 spiro atoms. The molecular weight excluding hydrogens is 435 g/mol. The summed E-state index contributed by atoms with van der Waals surface area (Å²) in [5, 5.41) is 4.01. The van der Waals surface area contributed by atoms with Gasteiger partial charge in [0.25, 0.3) is 0 Å². The number of aryl methyl sites for hydroxylation is 1. The fraction of sp³-hybridized carbons (Fsp3) is 0.524. The van der Waals surface area contributed by atoms with E-state index in [1.807, 2.05) is 0 Å². The maximum atomic E-state index is 13.6. The van der Waals surface area contributed by atoms with Gasteiger partial charge in [-0.15, -0.1) is 5.10 Å². The molecule has 0 bridgehead atoms. The molecule has 2 fully saturated rings. The second kappa shape index (κ2) is 9.07. The second-order valence-electron chi connectivity index (χ2n) is 8.52. The van der Waals surface area contributed by atoms with Gasteiger partial charge in [-0.25, -0.2) is 17.6 Å². The fourth-order valence-corrected chi connectivity index (χ4v) is 4.69. The molecule has 1 aromatic heterocycles. The zero-order valence-corrected chi connectivity index (χ0v) is 19.2. The molecular formula is C21H29FN6O3S. The van der Waals surface area contributed by atoms with E-state index in [1.54, 1.807) is 4.90 Å². The van der Waals surface area contributed by atoms with Crippen molar-refractivity contribution in [2.24, 2.45) is 0 Å². The zero-order valence-electron chi connectivity index (χ0n) is 18.4. The van der Waals surface area contributed by atoms with Crippen molar-refractivity contribution in [2.45, 2.75) is 26.1 Å². The van der Waals surface area contributed by atoms with Crippen molar-refractivity contribution in [3.63, 3.8) is 0 Å². The number of anilines is 2. The van der Waals surface area contributed by atoms with Crippen LogP contribution >= 0.6 is 0 Å². The van der Waals surface area contributed by atoms with Crippen LogP contribution in [0, 0.1) is 6.92 Å². The molecule has 2 saturated heterocycles. The van der Waals surface area contributed by atoms with E-state index in [0.29, 0.717) is 26.1 Å². The molecule has 3 heterocycles. The van der Waals surface area contributed by atoms with Gasteiger partial charge in [-0.2, -0.15) is 4.68 Å². The predicted octanol–water partition coefficient (Wildman–Crippen LogP) is 1.90. The number of hydrogen-bond acceptors (Lipinski definition) is 6. The monoisotopic (exact) mass is 464 g/mol. The lowest BCUT2D eigenvalue weighted by Gasteiger charge is -2.34. The lowest BCUT2D eigenvalue weighted by Crippen LogP contribution is -2.49. The minimum atomic E-state index is -3.44. The topological polar surface area (TPSA) is 90.8 Å². The quantitative estimate of drug-likeness (QED) is 0.727. The standard InChI is InChI=1S/C21H29FN6O3S/c1-16-3-4-17(13-19(16)27-7-5-18(22)15-27)14-25-9-11-26(12-10-25)21(29)28-8-6-20(23-28)24-32(2,30)31/h3-4,6,8,13,18H,5,7,9-12,14-15H2,1-2H3,(H,23,24)/t18-/m0/s1. The zero-order chi connectivity index (χ0) is 22.9. The highest BCUT2D eigenvalue weighted by Crippen LogP contribution is 2.27. The predicted molar refractivity (Wildman–Crippen MR) is 121 cm³/mol. The van der Waals surface area contributed by atoms with Crippen molar-refractivity contribution in [3.8, 4) is 0 Å². The number of carbonyl (C=O) groups excluding carboxylic acids is 1. The average molecular weight is 465 g/mol. The van der Waals surface area contributed by atoms with E-state index in [2.05, 4.69) is 44.7 Å². The third kappa shape index (κ3) is 5.39. The maximum absolute atomic E-state index is 13.6. The highest BCUT2D eigenvalue weighted by Gasteiger charge is 2.25. The van der Waals surface area contributed by atoms with Crippen molar-refractivity contribution in [2.75, 3.05) is 55.1 Å². The molecule has 2 aromatic rings. The maximum Gasteiger partial charge on any atom is 0.344 e. The summed E-state index contributed by atoms with van der Waals surface area (Å²) in [7, 11) is -3.44. The van der Waals surface area contributed by atoms with E-state index in [0.717, 1.165) is 48.4 Å². The molecule has 0 unspecified atom stereocenters. The first-order valence-electron chi connectivity index (χ1n) is 10.7. The number of carbonyl (C=O) groups is 1. The minimum absolute atomic E-state index is 0.117. The summed E-state index contributed by atoms with van der Waals surface area (Å²) in [5.74, 6) is 0.117. The molecule has 2 aliphatic heterocycles. The summed E-state index contributed by atoms with van der Waals surface area (Å²) in [6, 6.07) is 7.54. The molecule has 0 saturated carbocycles. The van der Waals surface area contributed by atoms with Gasteiger partial charge < -0.3 is 9.80 Å². The summed E-state index contributed by atoms with van der Waals surface area (Å²) < 4.78 is 39.7. The summed E-state index contributed by atoms with van der Waals surface area (Å²) >= 11 is 0. The molecule has 9 nitrogen and oxygen atoms in total. The van der Waals surface area contributed by atoms with Crippen LogP contribution in [-0.2, 0) is 16.6 Å². The van der Waals surface area contributed by atoms with Gasteiger partial charge in [0, 0.05) is 63.8 Å². The Morgan fingerprint density at radius 1 is 1.19 bits per heavy atom. The van der Waals surface area contributed by atoms with Gasteiger partial charge in [0.2, 0.25) is 10.0 Å². The van der Waals surface area contributed by atoms with Gasteiger partial charge >= 0.3 is 6.03 Å². The van der Waals surface area contributed by atoms with E-state index in [9.17, 15) is 17.6 Å². The third-order valence-corrected chi connectivity index (χ3v) is 6.45. The van der Waals surface area contributed by atoms with E-state index < -0.39 is 16.2 Å². The summed E-state index contributed by atoms with van der Waals surface area (Å²) in [4.78, 5) is 18.8. The van der Waals surface area contributed by atoms with Crippen molar-refractivity contribution in [1.82, 2.24) is 19.6 Å². The number of hydrogen-bond donors (Lipinski definition) is 1. The molecule has 1 N–H and O–H groups in total. The van der Waals surface area contributed by atoms with Crippen LogP contribution < -0.4 is 9.62 Å². The number of amides is 1. The summed E-state index contributed by atoms with van der Waals surface area (Å²) in [6.07, 6.45) is 2.32. The molecule has 1 amide bonds. The average Bonchev–Trinajstić information content (AvgIpc) is 3.37. The first-order valence-corrected chi connectivity index (χ1v) is 12.6. The highest BCUT2D eigenvalue weighted by atomic mass is 32.2. The number of nitrogens with zero attached hydrogens (tertiary/aromatic N) is 5. The second-order valence-corrected chi connectivity index (χ2v) is 10.3. The van der Waals surface area contributed by atoms with Crippen LogP contribution in [0.25, 0.3) is 0 Å². The van der Waals surface area contributed by atoms with Gasteiger partial charge in [-0.05, 0) is 30.5 Å². The van der Waals surface area contributed by atoms with Crippen LogP contribution in [0.2, 0.25) is 0 Å². The normalized spacial score (nSPS) is 20.0. The SMILES string of the molecule is Cc1ccc(CN2CCN(C(=O)n3ccc(NS(C)(=O)=O)n3)CC2)cc1N1CC[C@H](F)C1. The van der Waals surface area contributed by atoms with Crippen molar-refractivity contribution >= 4 is 27.6 Å². The first-order chi connectivity index (χ1) is 15.2. The Kier molecular flexibility index (Phi) is 6.38. The van der Waals surface area contributed by atoms with Crippen LogP contribution in [0.4, 0.5) is 20.7 Å². The number of nitrogens with one attached hydrogen (secondary N) is 1. The third-order valence-electron chi connectivity index (χ3n) is 5.87. The number of rotatable bonds is 5. The molecule has 11 heteroatoms. The first kappa shape index (κ1) is 22.5. The molecule has 0 aliphatic carbocycles. The number of halogens is 1. The van der Waals surface area contributed by atoms with E-state index in [-0.39, 0.29) is 11.8 Å². The van der Waals surface area contributed by atoms with Gasteiger partial charge in [-0.3, -0.25) is 9.62 Å². The van der Waals surface area contributed by atoms with Crippen LogP contribution in [0.5, 0.6) is 0 Å². The van der Waals surface area contributed by atoms with Crippen LogP contribution in [0.3, 0.4) is 0 Å². The molecule has 1 aromatic carbocycles. The number of aromatic nitrogens is 2. The minimum Gasteiger partial charge on any atom is -0.368 e. The van der Waals surface area contributed by atoms with Crippen LogP contribution in [0.1, 0.15) is 17.5 Å². The van der Waals surface area contributed by atoms with Gasteiger partial charge in [-0.1, -0.05) is 12.1 Å². The Morgan fingerprint density at radius 2 is 1.94 bits per heavy atom. The van der Waals surface area contributed by atoms with E-state index >= 15 is 0 Å². The number of alkyl halides is 1. The fourth-order valence-electron chi connectivity index (χ4n) is 4.21. The lowest BCUT2D eigenvalue weighted by molar-refractivity contribution is 0.134. The van der Waals surface area contributed by atoms with Crippen molar-refractivity contribution in [1.29, 1.82) is 0 Å². The molecule has 4 rings (SSSR count). The molecule has 32 heavy (non-hydrogen) atoms. The van der Waals surface area contributed by atoms with E-state index in [1.165, 1.54) is 17.8 Å². The van der Waals surface area contributed by atoms with Gasteiger partial charge in [0.15, 0.2) is 5.82 Å². The van der Waals surface area contributed by atoms with Crippen LogP contribution in [0.15, 0.2) is 30.5 Å². The van der Waals surface area contributed by atoms with Gasteiger partial charge in [0.1, 0.15) is 6.17 Å². The number of benzene rings is 1. The Hall–Kier alpha value is -2.66. The largest absolute Gasteiger partial charge is 0.368 e. The molecule has 1 atom stereocenters. The Labute approximate surface area is 187 Å². The lowest BCUT2D eigenvalue weighted by atomic mass is 10.1. The Balaban J connectivity index is 1.33. The van der Waals surface area contributed by atoms with Crippen molar-refractivity contribution in [3.05, 3.63) is 41.6 Å². The summed E-state index contributed by atoms with van der Waals surface area (Å²) in [5.41, 5.74) is 3.44. The molecule has 0 radical (unpaired) electrons. The van der Waals surface area contributed by atoms with Crippen LogP contribution in [-0.4, -0.2) is 85.7 Å². The van der Waals surface area contributed by atoms with E-state index in [4.69, 9.17) is 0 Å². The van der Waals surface area contributed by atoms with Crippen molar-refractivity contribution < 1.29 is 17.6 Å². The molecule has 2 aliphatic rings. The Bertz CT molecular complexity index is 1080. The highest BCUT2D eigenvalue weighted by molar-refractivity contribution is 7.92. The Morgan fingerprint density at radius 3 is 2.59 bits per heavy atom. The smallest absolute Gasteiger partial charge is 0.344 e. The number of piperazine rings is 1. The number of sulfonamides is 1. The van der Waals surface area contributed by atoms with Gasteiger partial charge in [0.05, 0.1) is 6.26 Å². The summed E-state index contributed by atoms with van der Waals surface area (Å²) in [6.45, 7) is 6.60. The molecule has 174 valence electrons.